The third-order valence-corrected chi connectivity index (χ3v) is 2.63. The first-order valence-corrected chi connectivity index (χ1v) is 5.02. The molecular weight excluding hydrogens is 289 g/mol. The van der Waals surface area contributed by atoms with Crippen molar-refractivity contribution in [2.24, 2.45) is 0 Å². The van der Waals surface area contributed by atoms with E-state index in [0.717, 1.165) is 19.2 Å². The van der Waals surface area contributed by atoms with E-state index in [9.17, 15) is 18.0 Å². The number of carbonyl (C=O) groups excluding carboxylic acids is 1. The van der Waals surface area contributed by atoms with Crippen LogP contribution in [0.3, 0.4) is 0 Å². The average molecular weight is 297 g/mol. The number of Topliss-reactive ketones (excluding diaryl/α,β-unsaturated/α-hetero) is 1. The summed E-state index contributed by atoms with van der Waals surface area (Å²) in [4.78, 5) is 11.1. The number of hydrogen-bond donors (Lipinski definition) is 0. The molecule has 0 radical (unpaired) electrons. The maximum Gasteiger partial charge on any atom is 0.420 e. The van der Waals surface area contributed by atoms with Gasteiger partial charge in [-0.05, 0) is 19.1 Å². The molecule has 0 amide bonds. The van der Waals surface area contributed by atoms with Gasteiger partial charge in [0.1, 0.15) is 5.75 Å². The maximum atomic E-state index is 12.6. The van der Waals surface area contributed by atoms with Gasteiger partial charge < -0.3 is 4.74 Å². The molecule has 0 bridgehead atoms. The van der Waals surface area contributed by atoms with Crippen LogP contribution in [0.4, 0.5) is 13.2 Å². The first kappa shape index (κ1) is 13.0. The number of rotatable bonds is 2. The Kier molecular flexibility index (Phi) is 3.62. The predicted molar refractivity (Wildman–Crippen MR) is 55.7 cm³/mol. The normalized spacial score (nSPS) is 11.4. The Balaban J connectivity index is 3.44. The molecule has 0 aliphatic carbocycles. The largest absolute Gasteiger partial charge is 0.496 e. The molecule has 0 saturated carbocycles. The number of ether oxygens (including phenoxy) is 1. The van der Waals surface area contributed by atoms with Crippen LogP contribution in [0.25, 0.3) is 0 Å². The van der Waals surface area contributed by atoms with Crippen molar-refractivity contribution in [2.75, 3.05) is 7.11 Å². The van der Waals surface area contributed by atoms with Crippen molar-refractivity contribution in [3.8, 4) is 5.75 Å². The Bertz CT molecular complexity index is 427. The standard InChI is InChI=1S/C10H8BrF3O2/c1-5(15)6-3-9(16-2)7(4-8(6)11)10(12,13)14/h3-4H,1-2H3. The van der Waals surface area contributed by atoms with E-state index in [2.05, 4.69) is 20.7 Å². The van der Waals surface area contributed by atoms with Gasteiger partial charge in [0.05, 0.1) is 12.7 Å². The Hall–Kier alpha value is -1.04. The van der Waals surface area contributed by atoms with E-state index in [-0.39, 0.29) is 21.6 Å². The van der Waals surface area contributed by atoms with Gasteiger partial charge in [-0.15, -0.1) is 0 Å². The molecule has 0 saturated heterocycles. The lowest BCUT2D eigenvalue weighted by Crippen LogP contribution is -2.09. The monoisotopic (exact) mass is 296 g/mol. The van der Waals surface area contributed by atoms with E-state index >= 15 is 0 Å². The van der Waals surface area contributed by atoms with Crippen molar-refractivity contribution in [3.05, 3.63) is 27.7 Å². The molecule has 1 aromatic rings. The second kappa shape index (κ2) is 4.45. The number of halogens is 4. The van der Waals surface area contributed by atoms with Crippen LogP contribution >= 0.6 is 15.9 Å². The fourth-order valence-electron chi connectivity index (χ4n) is 1.21. The van der Waals surface area contributed by atoms with Crippen molar-refractivity contribution in [3.63, 3.8) is 0 Å². The molecule has 0 fully saturated rings. The smallest absolute Gasteiger partial charge is 0.420 e. The highest BCUT2D eigenvalue weighted by atomic mass is 79.9. The van der Waals surface area contributed by atoms with Crippen molar-refractivity contribution >= 4 is 21.7 Å². The molecule has 2 nitrogen and oxygen atoms in total. The SMILES string of the molecule is COc1cc(C(C)=O)c(Br)cc1C(F)(F)F. The lowest BCUT2D eigenvalue weighted by atomic mass is 10.1. The third kappa shape index (κ3) is 2.55. The Morgan fingerprint density at radius 2 is 1.94 bits per heavy atom. The molecule has 1 rings (SSSR count). The average Bonchev–Trinajstić information content (AvgIpc) is 2.15. The van der Waals surface area contributed by atoms with Gasteiger partial charge in [0, 0.05) is 10.0 Å². The van der Waals surface area contributed by atoms with Crippen molar-refractivity contribution in [2.45, 2.75) is 13.1 Å². The Morgan fingerprint density at radius 3 is 2.31 bits per heavy atom. The van der Waals surface area contributed by atoms with Gasteiger partial charge in [-0.2, -0.15) is 13.2 Å². The zero-order valence-electron chi connectivity index (χ0n) is 8.48. The molecule has 16 heavy (non-hydrogen) atoms. The quantitative estimate of drug-likeness (QED) is 0.778. The predicted octanol–water partition coefficient (Wildman–Crippen LogP) is 3.68. The lowest BCUT2D eigenvalue weighted by molar-refractivity contribution is -0.138. The lowest BCUT2D eigenvalue weighted by Gasteiger charge is -2.13. The molecule has 6 heteroatoms. The summed E-state index contributed by atoms with van der Waals surface area (Å²) in [6.45, 7) is 1.27. The van der Waals surface area contributed by atoms with Crippen molar-refractivity contribution in [1.29, 1.82) is 0 Å². The van der Waals surface area contributed by atoms with E-state index in [1.54, 1.807) is 0 Å². The fourth-order valence-corrected chi connectivity index (χ4v) is 1.84. The first-order valence-electron chi connectivity index (χ1n) is 4.23. The van der Waals surface area contributed by atoms with E-state index < -0.39 is 11.7 Å². The van der Waals surface area contributed by atoms with Crippen LogP contribution in [0.15, 0.2) is 16.6 Å². The second-order valence-corrected chi connectivity index (χ2v) is 3.94. The van der Waals surface area contributed by atoms with Crippen molar-refractivity contribution in [1.82, 2.24) is 0 Å². The molecule has 0 N–H and O–H groups in total. The second-order valence-electron chi connectivity index (χ2n) is 3.09. The van der Waals surface area contributed by atoms with Crippen LogP contribution in [-0.4, -0.2) is 12.9 Å². The molecule has 0 aliphatic rings. The van der Waals surface area contributed by atoms with Gasteiger partial charge in [0.15, 0.2) is 5.78 Å². The molecule has 0 heterocycles. The molecular formula is C10H8BrF3O2. The highest BCUT2D eigenvalue weighted by Gasteiger charge is 2.35. The van der Waals surface area contributed by atoms with Crippen LogP contribution in [0.5, 0.6) is 5.75 Å². The minimum absolute atomic E-state index is 0.105. The van der Waals surface area contributed by atoms with E-state index in [4.69, 9.17) is 0 Å². The summed E-state index contributed by atoms with van der Waals surface area (Å²) < 4.78 is 42.4. The highest BCUT2D eigenvalue weighted by Crippen LogP contribution is 2.39. The van der Waals surface area contributed by atoms with Crippen molar-refractivity contribution < 1.29 is 22.7 Å². The van der Waals surface area contributed by atoms with Gasteiger partial charge in [-0.25, -0.2) is 0 Å². The molecule has 1 aromatic carbocycles. The van der Waals surface area contributed by atoms with Gasteiger partial charge in [0.2, 0.25) is 0 Å². The van der Waals surface area contributed by atoms with Gasteiger partial charge in [-0.1, -0.05) is 15.9 Å². The van der Waals surface area contributed by atoms with Gasteiger partial charge in [-0.3, -0.25) is 4.79 Å². The summed E-state index contributed by atoms with van der Waals surface area (Å²) in [7, 11) is 1.13. The van der Waals surface area contributed by atoms with Gasteiger partial charge in [0.25, 0.3) is 0 Å². The number of alkyl halides is 3. The van der Waals surface area contributed by atoms with Crippen LogP contribution in [0, 0.1) is 0 Å². The fraction of sp³-hybridized carbons (Fsp3) is 0.300. The number of methoxy groups -OCH3 is 1. The summed E-state index contributed by atoms with van der Waals surface area (Å²) in [5.41, 5.74) is -0.753. The third-order valence-electron chi connectivity index (χ3n) is 1.97. The number of hydrogen-bond acceptors (Lipinski definition) is 2. The highest BCUT2D eigenvalue weighted by molar-refractivity contribution is 9.10. The Labute approximate surface area is 98.5 Å². The summed E-state index contributed by atoms with van der Waals surface area (Å²) in [5, 5.41) is 0. The molecule has 0 aromatic heterocycles. The minimum Gasteiger partial charge on any atom is -0.496 e. The van der Waals surface area contributed by atoms with Crippen LogP contribution in [-0.2, 0) is 6.18 Å². The summed E-state index contributed by atoms with van der Waals surface area (Å²) >= 11 is 2.93. The number of carbonyl (C=O) groups is 1. The Morgan fingerprint density at radius 1 is 1.38 bits per heavy atom. The zero-order valence-corrected chi connectivity index (χ0v) is 10.1. The summed E-state index contributed by atoms with van der Waals surface area (Å²) in [5.74, 6) is -0.695. The van der Waals surface area contributed by atoms with E-state index in [1.807, 2.05) is 0 Å². The molecule has 0 unspecified atom stereocenters. The van der Waals surface area contributed by atoms with E-state index in [1.165, 1.54) is 6.92 Å². The molecule has 0 spiro atoms. The topological polar surface area (TPSA) is 26.3 Å². The first-order chi connectivity index (χ1) is 7.27. The summed E-state index contributed by atoms with van der Waals surface area (Å²) in [6, 6.07) is 1.92. The van der Waals surface area contributed by atoms with Crippen LogP contribution in [0.1, 0.15) is 22.8 Å². The van der Waals surface area contributed by atoms with Crippen LogP contribution < -0.4 is 4.74 Å². The molecule has 0 aliphatic heterocycles. The minimum atomic E-state index is -4.51. The summed E-state index contributed by atoms with van der Waals surface area (Å²) in [6.07, 6.45) is -4.51. The van der Waals surface area contributed by atoms with E-state index in [0.29, 0.717) is 0 Å². The van der Waals surface area contributed by atoms with Gasteiger partial charge >= 0.3 is 6.18 Å². The number of ketones is 1. The van der Waals surface area contributed by atoms with Crippen LogP contribution in [0.2, 0.25) is 0 Å². The number of benzene rings is 1. The zero-order chi connectivity index (χ0) is 12.5. The molecule has 0 atom stereocenters. The molecule has 88 valence electrons. The maximum absolute atomic E-state index is 12.6.